The van der Waals surface area contributed by atoms with Gasteiger partial charge in [0.2, 0.25) is 5.91 Å². The van der Waals surface area contributed by atoms with Crippen LogP contribution in [-0.2, 0) is 11.2 Å². The van der Waals surface area contributed by atoms with E-state index in [1.165, 1.54) is 5.56 Å². The van der Waals surface area contributed by atoms with Gasteiger partial charge in [0.05, 0.1) is 24.0 Å². The molecule has 1 aromatic rings. The van der Waals surface area contributed by atoms with E-state index in [-0.39, 0.29) is 30.3 Å². The van der Waals surface area contributed by atoms with Crippen molar-refractivity contribution >= 4 is 18.3 Å². The molecule has 0 spiro atoms. The topological polar surface area (TPSA) is 83.8 Å². The van der Waals surface area contributed by atoms with Crippen molar-refractivity contribution in [1.82, 2.24) is 15.5 Å². The minimum absolute atomic E-state index is 0. The number of nitrogens with zero attached hydrogens (tertiary/aromatic N) is 1. The highest BCUT2D eigenvalue weighted by atomic mass is 35.5. The summed E-state index contributed by atoms with van der Waals surface area (Å²) >= 11 is 0. The highest BCUT2D eigenvalue weighted by Crippen LogP contribution is 2.27. The molecular weight excluding hydrogens is 252 g/mol. The Hall–Kier alpha value is -1.07. The minimum Gasteiger partial charge on any atom is -0.346 e. The van der Waals surface area contributed by atoms with E-state index >= 15 is 0 Å². The molecule has 0 bridgehead atoms. The molecule has 0 saturated heterocycles. The highest BCUT2D eigenvalue weighted by Gasteiger charge is 2.26. The standard InChI is InChI=1S/C12H20N4O.ClH/c1-7(2)10(13)12(17)15-9-5-3-4-8-6-14-16-11(8)9;/h6-7,9-10H,3-5,13H2,1-2H3,(H,14,16)(H,15,17);1H/t9?,10-;/m0./s1. The van der Waals surface area contributed by atoms with Gasteiger partial charge < -0.3 is 11.1 Å². The Morgan fingerprint density at radius 3 is 3.00 bits per heavy atom. The zero-order chi connectivity index (χ0) is 12.4. The van der Waals surface area contributed by atoms with E-state index in [0.29, 0.717) is 0 Å². The first-order valence-corrected chi connectivity index (χ1v) is 6.17. The highest BCUT2D eigenvalue weighted by molar-refractivity contribution is 5.85. The number of aromatic amines is 1. The molecule has 1 aliphatic carbocycles. The number of amides is 1. The average molecular weight is 273 g/mol. The van der Waals surface area contributed by atoms with Gasteiger partial charge in [0.15, 0.2) is 0 Å². The van der Waals surface area contributed by atoms with Crippen molar-refractivity contribution in [1.29, 1.82) is 0 Å². The van der Waals surface area contributed by atoms with E-state index in [9.17, 15) is 4.79 Å². The fourth-order valence-corrected chi connectivity index (χ4v) is 2.18. The second-order valence-corrected chi connectivity index (χ2v) is 5.03. The molecule has 1 aliphatic rings. The van der Waals surface area contributed by atoms with Crippen molar-refractivity contribution in [3.05, 3.63) is 17.5 Å². The fourth-order valence-electron chi connectivity index (χ4n) is 2.18. The van der Waals surface area contributed by atoms with Crippen LogP contribution < -0.4 is 11.1 Å². The Morgan fingerprint density at radius 2 is 2.33 bits per heavy atom. The van der Waals surface area contributed by atoms with Crippen LogP contribution in [0.4, 0.5) is 0 Å². The number of nitrogens with two attached hydrogens (primary N) is 1. The summed E-state index contributed by atoms with van der Waals surface area (Å²) in [5.41, 5.74) is 8.08. The lowest BCUT2D eigenvalue weighted by Crippen LogP contribution is -2.45. The Morgan fingerprint density at radius 1 is 1.61 bits per heavy atom. The maximum atomic E-state index is 11.9. The Balaban J connectivity index is 0.00000162. The van der Waals surface area contributed by atoms with Gasteiger partial charge in [0.25, 0.3) is 0 Å². The summed E-state index contributed by atoms with van der Waals surface area (Å²) in [6.07, 6.45) is 4.91. The lowest BCUT2D eigenvalue weighted by Gasteiger charge is -2.25. The molecule has 0 saturated carbocycles. The van der Waals surface area contributed by atoms with Gasteiger partial charge in [0, 0.05) is 0 Å². The molecule has 2 rings (SSSR count). The van der Waals surface area contributed by atoms with E-state index in [2.05, 4.69) is 15.5 Å². The number of rotatable bonds is 3. The summed E-state index contributed by atoms with van der Waals surface area (Å²) in [7, 11) is 0. The average Bonchev–Trinajstić information content (AvgIpc) is 2.76. The van der Waals surface area contributed by atoms with E-state index in [4.69, 9.17) is 5.73 Å². The van der Waals surface area contributed by atoms with Crippen LogP contribution in [0.3, 0.4) is 0 Å². The molecule has 1 amide bonds. The van der Waals surface area contributed by atoms with E-state index in [1.807, 2.05) is 20.0 Å². The molecule has 0 aromatic carbocycles. The summed E-state index contributed by atoms with van der Waals surface area (Å²) in [4.78, 5) is 11.9. The molecule has 1 unspecified atom stereocenters. The number of aromatic nitrogens is 2. The molecule has 102 valence electrons. The normalized spacial score (nSPS) is 19.9. The Bertz CT molecular complexity index is 405. The van der Waals surface area contributed by atoms with Gasteiger partial charge in [-0.1, -0.05) is 13.8 Å². The molecule has 1 aromatic heterocycles. The second-order valence-electron chi connectivity index (χ2n) is 5.03. The second kappa shape index (κ2) is 6.20. The van der Waals surface area contributed by atoms with Crippen molar-refractivity contribution in [3.63, 3.8) is 0 Å². The summed E-state index contributed by atoms with van der Waals surface area (Å²) in [6, 6.07) is -0.401. The van der Waals surface area contributed by atoms with Crippen LogP contribution in [0.5, 0.6) is 0 Å². The first-order chi connectivity index (χ1) is 8.09. The monoisotopic (exact) mass is 272 g/mol. The van der Waals surface area contributed by atoms with Crippen LogP contribution in [0.2, 0.25) is 0 Å². The minimum atomic E-state index is -0.441. The van der Waals surface area contributed by atoms with Crippen molar-refractivity contribution in [2.75, 3.05) is 0 Å². The fraction of sp³-hybridized carbons (Fsp3) is 0.667. The maximum Gasteiger partial charge on any atom is 0.237 e. The molecule has 0 aliphatic heterocycles. The number of H-pyrrole nitrogens is 1. The van der Waals surface area contributed by atoms with Crippen LogP contribution in [0.1, 0.15) is 44.0 Å². The number of hydrogen-bond acceptors (Lipinski definition) is 3. The largest absolute Gasteiger partial charge is 0.346 e. The van der Waals surface area contributed by atoms with Crippen molar-refractivity contribution < 1.29 is 4.79 Å². The number of carbonyl (C=O) groups excluding carboxylic acids is 1. The van der Waals surface area contributed by atoms with Crippen LogP contribution >= 0.6 is 12.4 Å². The van der Waals surface area contributed by atoms with Gasteiger partial charge in [0.1, 0.15) is 0 Å². The van der Waals surface area contributed by atoms with Gasteiger partial charge in [-0.15, -0.1) is 12.4 Å². The van der Waals surface area contributed by atoms with Gasteiger partial charge in [-0.25, -0.2) is 0 Å². The van der Waals surface area contributed by atoms with E-state index < -0.39 is 6.04 Å². The van der Waals surface area contributed by atoms with Crippen LogP contribution in [0.25, 0.3) is 0 Å². The van der Waals surface area contributed by atoms with Crippen molar-refractivity contribution in [2.45, 2.75) is 45.2 Å². The van der Waals surface area contributed by atoms with E-state index in [1.54, 1.807) is 0 Å². The smallest absolute Gasteiger partial charge is 0.237 e. The maximum absolute atomic E-state index is 11.9. The number of halogens is 1. The number of carbonyl (C=O) groups is 1. The lowest BCUT2D eigenvalue weighted by molar-refractivity contribution is -0.124. The third-order valence-corrected chi connectivity index (χ3v) is 3.38. The van der Waals surface area contributed by atoms with Gasteiger partial charge in [-0.05, 0) is 30.7 Å². The molecule has 1 heterocycles. The number of nitrogens with one attached hydrogen (secondary N) is 2. The van der Waals surface area contributed by atoms with Gasteiger partial charge in [-0.3, -0.25) is 9.89 Å². The summed E-state index contributed by atoms with van der Waals surface area (Å²) in [5.74, 6) is 0.0762. The molecule has 18 heavy (non-hydrogen) atoms. The molecule has 5 nitrogen and oxygen atoms in total. The Labute approximate surface area is 113 Å². The number of hydrogen-bond donors (Lipinski definition) is 3. The SMILES string of the molecule is CC(C)[C@H](N)C(=O)NC1CCCc2cn[nH]c21.Cl. The molecule has 6 heteroatoms. The van der Waals surface area contributed by atoms with Crippen molar-refractivity contribution in [3.8, 4) is 0 Å². The van der Waals surface area contributed by atoms with E-state index in [0.717, 1.165) is 25.0 Å². The number of fused-ring (bicyclic) bond motifs is 1. The third kappa shape index (κ3) is 3.03. The van der Waals surface area contributed by atoms with Gasteiger partial charge in [-0.2, -0.15) is 5.10 Å². The number of aryl methyl sites for hydroxylation is 1. The molecule has 4 N–H and O–H groups in total. The Kier molecular flexibility index (Phi) is 5.16. The predicted molar refractivity (Wildman–Crippen MR) is 72.5 cm³/mol. The molecule has 0 fully saturated rings. The summed E-state index contributed by atoms with van der Waals surface area (Å²) < 4.78 is 0. The first-order valence-electron chi connectivity index (χ1n) is 6.17. The van der Waals surface area contributed by atoms with Crippen LogP contribution in [0, 0.1) is 5.92 Å². The zero-order valence-corrected chi connectivity index (χ0v) is 11.6. The first kappa shape index (κ1) is 15.0. The lowest BCUT2D eigenvalue weighted by atomic mass is 9.93. The molecule has 2 atom stereocenters. The van der Waals surface area contributed by atoms with Crippen LogP contribution in [-0.4, -0.2) is 22.1 Å². The quantitative estimate of drug-likeness (QED) is 0.776. The zero-order valence-electron chi connectivity index (χ0n) is 10.8. The predicted octanol–water partition coefficient (Wildman–Crippen LogP) is 1.31. The van der Waals surface area contributed by atoms with Crippen molar-refractivity contribution in [2.24, 2.45) is 11.7 Å². The van der Waals surface area contributed by atoms with Gasteiger partial charge >= 0.3 is 0 Å². The molecule has 0 radical (unpaired) electrons. The van der Waals surface area contributed by atoms with Crippen LogP contribution in [0.15, 0.2) is 6.20 Å². The summed E-state index contributed by atoms with van der Waals surface area (Å²) in [6.45, 7) is 3.90. The summed E-state index contributed by atoms with van der Waals surface area (Å²) in [5, 5.41) is 10.0. The third-order valence-electron chi connectivity index (χ3n) is 3.38. The molecular formula is C12H21ClN4O.